The molecule has 0 saturated heterocycles. The summed E-state index contributed by atoms with van der Waals surface area (Å²) in [6.45, 7) is 2.11. The van der Waals surface area contributed by atoms with E-state index >= 15 is 0 Å². The van der Waals surface area contributed by atoms with Gasteiger partial charge in [0.15, 0.2) is 5.69 Å². The van der Waals surface area contributed by atoms with Gasteiger partial charge in [-0.05, 0) is 18.1 Å². The van der Waals surface area contributed by atoms with Gasteiger partial charge in [0, 0.05) is 6.54 Å². The Morgan fingerprint density at radius 2 is 2.25 bits per heavy atom. The number of carbonyl (C=O) groups is 1. The van der Waals surface area contributed by atoms with Crippen molar-refractivity contribution in [3.63, 3.8) is 0 Å². The normalized spacial score (nSPS) is 12.2. The van der Waals surface area contributed by atoms with Crippen LogP contribution in [0.3, 0.4) is 0 Å². The Balaban J connectivity index is 1.99. The molecule has 1 heterocycles. The first-order valence-corrected chi connectivity index (χ1v) is 6.26. The van der Waals surface area contributed by atoms with Gasteiger partial charge in [-0.25, -0.2) is 4.98 Å². The fourth-order valence-corrected chi connectivity index (χ4v) is 1.71. The molecule has 6 heteroatoms. The van der Waals surface area contributed by atoms with Gasteiger partial charge in [-0.3, -0.25) is 4.79 Å². The molecule has 1 unspecified atom stereocenters. The second-order valence-electron chi connectivity index (χ2n) is 4.47. The van der Waals surface area contributed by atoms with Gasteiger partial charge in [-0.15, -0.1) is 0 Å². The second-order valence-corrected chi connectivity index (χ2v) is 4.47. The molecule has 106 valence electrons. The summed E-state index contributed by atoms with van der Waals surface area (Å²) in [6.07, 6.45) is 1.23. The van der Waals surface area contributed by atoms with Crippen LogP contribution >= 0.6 is 0 Å². The minimum atomic E-state index is -0.715. The van der Waals surface area contributed by atoms with Crippen molar-refractivity contribution in [3.05, 3.63) is 53.2 Å². The van der Waals surface area contributed by atoms with E-state index in [2.05, 4.69) is 10.3 Å². The molecule has 0 radical (unpaired) electrons. The summed E-state index contributed by atoms with van der Waals surface area (Å²) >= 11 is 0. The highest BCUT2D eigenvalue weighted by Crippen LogP contribution is 2.10. The Morgan fingerprint density at radius 1 is 1.50 bits per heavy atom. The fraction of sp³-hybridized carbons (Fsp3) is 0.286. The maximum absolute atomic E-state index is 11.9. The molecular weight excluding hydrogens is 258 g/mol. The molecule has 2 rings (SSSR count). The van der Waals surface area contributed by atoms with Crippen molar-refractivity contribution in [1.82, 2.24) is 10.3 Å². The number of hydrogen-bond acceptors (Lipinski definition) is 5. The zero-order valence-corrected chi connectivity index (χ0v) is 11.2. The number of amides is 1. The van der Waals surface area contributed by atoms with E-state index in [1.807, 2.05) is 31.2 Å². The number of oxazole rings is 1. The molecule has 0 aliphatic heterocycles. The van der Waals surface area contributed by atoms with Crippen molar-refractivity contribution >= 4 is 5.91 Å². The maximum Gasteiger partial charge on any atom is 0.273 e. The smallest absolute Gasteiger partial charge is 0.273 e. The molecule has 0 aliphatic rings. The van der Waals surface area contributed by atoms with Crippen LogP contribution in [0.15, 0.2) is 34.9 Å². The van der Waals surface area contributed by atoms with Crippen molar-refractivity contribution in [2.24, 2.45) is 5.73 Å². The van der Waals surface area contributed by atoms with Gasteiger partial charge >= 0.3 is 0 Å². The van der Waals surface area contributed by atoms with Gasteiger partial charge in [0.25, 0.3) is 5.91 Å². The summed E-state index contributed by atoms with van der Waals surface area (Å²) in [5, 5.41) is 11.7. The summed E-state index contributed by atoms with van der Waals surface area (Å²) in [5.74, 6) is -0.193. The van der Waals surface area contributed by atoms with E-state index in [1.54, 1.807) is 0 Å². The van der Waals surface area contributed by atoms with Crippen LogP contribution in [0.4, 0.5) is 0 Å². The maximum atomic E-state index is 11.9. The van der Waals surface area contributed by atoms with Crippen LogP contribution in [0.25, 0.3) is 0 Å². The summed E-state index contributed by atoms with van der Waals surface area (Å²) in [5.41, 5.74) is 7.85. The second kappa shape index (κ2) is 6.31. The SMILES string of the molecule is Cc1ccccc1CNC(=O)c1coc(C(N)CO)n1. The van der Waals surface area contributed by atoms with Crippen molar-refractivity contribution in [2.75, 3.05) is 6.61 Å². The number of aryl methyl sites for hydroxylation is 1. The average molecular weight is 275 g/mol. The predicted octanol–water partition coefficient (Wildman–Crippen LogP) is 0.905. The average Bonchev–Trinajstić information content (AvgIpc) is 2.95. The number of rotatable bonds is 5. The Bertz CT molecular complexity index is 595. The van der Waals surface area contributed by atoms with E-state index in [9.17, 15) is 4.79 Å². The first-order chi connectivity index (χ1) is 9.61. The van der Waals surface area contributed by atoms with Crippen LogP contribution in [0.5, 0.6) is 0 Å². The molecule has 0 fully saturated rings. The summed E-state index contributed by atoms with van der Waals surface area (Å²) in [4.78, 5) is 15.9. The molecular formula is C14H17N3O3. The molecule has 1 amide bonds. The van der Waals surface area contributed by atoms with Crippen LogP contribution in [0, 0.1) is 6.92 Å². The lowest BCUT2D eigenvalue weighted by Gasteiger charge is -2.06. The molecule has 2 aromatic rings. The lowest BCUT2D eigenvalue weighted by atomic mass is 10.1. The minimum absolute atomic E-state index is 0.147. The first-order valence-electron chi connectivity index (χ1n) is 6.26. The highest BCUT2D eigenvalue weighted by atomic mass is 16.3. The van der Waals surface area contributed by atoms with Crippen LogP contribution in [0.1, 0.15) is 33.5 Å². The van der Waals surface area contributed by atoms with E-state index in [0.717, 1.165) is 11.1 Å². The van der Waals surface area contributed by atoms with Crippen molar-refractivity contribution in [2.45, 2.75) is 19.5 Å². The number of carbonyl (C=O) groups excluding carboxylic acids is 1. The van der Waals surface area contributed by atoms with E-state index in [0.29, 0.717) is 6.54 Å². The molecule has 1 atom stereocenters. The summed E-state index contributed by atoms with van der Waals surface area (Å²) in [6, 6.07) is 7.08. The van der Waals surface area contributed by atoms with E-state index in [1.165, 1.54) is 6.26 Å². The van der Waals surface area contributed by atoms with Gasteiger partial charge in [0.1, 0.15) is 12.3 Å². The lowest BCUT2D eigenvalue weighted by Crippen LogP contribution is -2.24. The molecule has 0 spiro atoms. The van der Waals surface area contributed by atoms with Crippen LogP contribution < -0.4 is 11.1 Å². The number of nitrogens with zero attached hydrogens (tertiary/aromatic N) is 1. The zero-order chi connectivity index (χ0) is 14.5. The fourth-order valence-electron chi connectivity index (χ4n) is 1.71. The highest BCUT2D eigenvalue weighted by Gasteiger charge is 2.16. The highest BCUT2D eigenvalue weighted by molar-refractivity contribution is 5.91. The van der Waals surface area contributed by atoms with Gasteiger partial charge in [0.05, 0.1) is 6.61 Å². The Hall–Kier alpha value is -2.18. The zero-order valence-electron chi connectivity index (χ0n) is 11.2. The number of nitrogens with one attached hydrogen (secondary N) is 1. The molecule has 1 aromatic heterocycles. The number of aliphatic hydroxyl groups is 1. The number of benzene rings is 1. The lowest BCUT2D eigenvalue weighted by molar-refractivity contribution is 0.0945. The third-order valence-corrected chi connectivity index (χ3v) is 2.97. The third kappa shape index (κ3) is 3.23. The van der Waals surface area contributed by atoms with Crippen molar-refractivity contribution in [3.8, 4) is 0 Å². The minimum Gasteiger partial charge on any atom is -0.446 e. The van der Waals surface area contributed by atoms with Gasteiger partial charge in [-0.1, -0.05) is 24.3 Å². The van der Waals surface area contributed by atoms with Gasteiger partial charge < -0.3 is 20.6 Å². The molecule has 20 heavy (non-hydrogen) atoms. The van der Waals surface area contributed by atoms with Crippen LogP contribution in [0.2, 0.25) is 0 Å². The standard InChI is InChI=1S/C14H17N3O3/c1-9-4-2-3-5-10(9)6-16-13(19)12-8-20-14(17-12)11(15)7-18/h2-5,8,11,18H,6-7,15H2,1H3,(H,16,19). The summed E-state index contributed by atoms with van der Waals surface area (Å²) < 4.78 is 5.06. The largest absolute Gasteiger partial charge is 0.446 e. The molecule has 6 nitrogen and oxygen atoms in total. The van der Waals surface area contributed by atoms with E-state index in [4.69, 9.17) is 15.3 Å². The quantitative estimate of drug-likeness (QED) is 0.752. The molecule has 1 aromatic carbocycles. The number of nitrogens with two attached hydrogens (primary N) is 1. The van der Waals surface area contributed by atoms with Crippen molar-refractivity contribution < 1.29 is 14.3 Å². The molecule has 0 aliphatic carbocycles. The Kier molecular flexibility index (Phi) is 4.49. The van der Waals surface area contributed by atoms with E-state index in [-0.39, 0.29) is 24.1 Å². The molecule has 0 saturated carbocycles. The van der Waals surface area contributed by atoms with Gasteiger partial charge in [0.2, 0.25) is 5.89 Å². The summed E-state index contributed by atoms with van der Waals surface area (Å²) in [7, 11) is 0. The van der Waals surface area contributed by atoms with Gasteiger partial charge in [-0.2, -0.15) is 0 Å². The topological polar surface area (TPSA) is 101 Å². The number of aliphatic hydroxyl groups excluding tert-OH is 1. The molecule has 4 N–H and O–H groups in total. The number of hydrogen-bond donors (Lipinski definition) is 3. The van der Waals surface area contributed by atoms with Crippen LogP contribution in [-0.2, 0) is 6.54 Å². The van der Waals surface area contributed by atoms with Crippen LogP contribution in [-0.4, -0.2) is 22.6 Å². The monoisotopic (exact) mass is 275 g/mol. The Labute approximate surface area is 116 Å². The Morgan fingerprint density at radius 3 is 2.95 bits per heavy atom. The van der Waals surface area contributed by atoms with Crippen molar-refractivity contribution in [1.29, 1.82) is 0 Å². The molecule has 0 bridgehead atoms. The predicted molar refractivity (Wildman–Crippen MR) is 72.9 cm³/mol. The van der Waals surface area contributed by atoms with E-state index < -0.39 is 6.04 Å². The third-order valence-electron chi connectivity index (χ3n) is 2.97. The number of aromatic nitrogens is 1. The first kappa shape index (κ1) is 14.2.